The van der Waals surface area contributed by atoms with E-state index in [2.05, 4.69) is 83.1 Å². The Kier molecular flexibility index (Phi) is 27.3. The van der Waals surface area contributed by atoms with E-state index < -0.39 is 43.2 Å². The maximum Gasteiger partial charge on any atom is 0.330 e. The number of rotatable bonds is 25. The van der Waals surface area contributed by atoms with Crippen LogP contribution in [0.5, 0.6) is 0 Å². The molecule has 0 aromatic rings. The van der Waals surface area contributed by atoms with Crippen molar-refractivity contribution in [3.05, 3.63) is 85.1 Å². The van der Waals surface area contributed by atoms with Crippen molar-refractivity contribution in [3.8, 4) is 0 Å². The van der Waals surface area contributed by atoms with Gasteiger partial charge in [-0.15, -0.1) is 0 Å². The molecule has 0 saturated heterocycles. The van der Waals surface area contributed by atoms with E-state index in [1.165, 1.54) is 7.11 Å². The summed E-state index contributed by atoms with van der Waals surface area (Å²) in [5.41, 5.74) is 0. The largest absolute Gasteiger partial charge is 0.466 e. The quantitative estimate of drug-likeness (QED) is 0.0501. The molecule has 0 aliphatic rings. The predicted octanol–water partition coefficient (Wildman–Crippen LogP) is 4.47. The number of aliphatic hydroxyl groups is 2. The SMILES string of the molecule is CC/C=C\C/C=C\C/C=C\C/C=C\C/C=C\C/C=C\CCC(=O)NC(CCCNC(=O)/C=C/C(=O)OC)C(=O)OC(CO)CO. The molecule has 0 saturated carbocycles. The lowest BCUT2D eigenvalue weighted by Crippen LogP contribution is -2.44. The first-order valence-corrected chi connectivity index (χ1v) is 15.5. The molecule has 1 atom stereocenters. The minimum atomic E-state index is -1.10. The van der Waals surface area contributed by atoms with Gasteiger partial charge in [-0.3, -0.25) is 9.59 Å². The van der Waals surface area contributed by atoms with Crippen LogP contribution in [0.25, 0.3) is 0 Å². The summed E-state index contributed by atoms with van der Waals surface area (Å²) in [7, 11) is 1.19. The van der Waals surface area contributed by atoms with Gasteiger partial charge in [0.15, 0.2) is 0 Å². The van der Waals surface area contributed by atoms with Crippen LogP contribution in [0, 0.1) is 0 Å². The summed E-state index contributed by atoms with van der Waals surface area (Å²) in [5, 5.41) is 23.6. The Labute approximate surface area is 268 Å². The lowest BCUT2D eigenvalue weighted by Gasteiger charge is -2.20. The number of carbonyl (C=O) groups excluding carboxylic acids is 4. The highest BCUT2D eigenvalue weighted by Gasteiger charge is 2.24. The molecule has 4 N–H and O–H groups in total. The molecule has 0 rings (SSSR count). The van der Waals surface area contributed by atoms with E-state index in [1.54, 1.807) is 0 Å². The van der Waals surface area contributed by atoms with Crippen molar-refractivity contribution in [2.45, 2.75) is 83.3 Å². The third-order valence-electron chi connectivity index (χ3n) is 5.99. The van der Waals surface area contributed by atoms with Gasteiger partial charge in [-0.1, -0.05) is 79.8 Å². The Hall–Kier alpha value is -4.02. The number of esters is 2. The maximum absolute atomic E-state index is 12.6. The summed E-state index contributed by atoms with van der Waals surface area (Å²) in [6.07, 6.45) is 32.8. The van der Waals surface area contributed by atoms with Crippen LogP contribution in [-0.4, -0.2) is 73.0 Å². The molecule has 10 nitrogen and oxygen atoms in total. The zero-order valence-corrected chi connectivity index (χ0v) is 26.8. The Balaban J connectivity index is 4.42. The summed E-state index contributed by atoms with van der Waals surface area (Å²) in [6.45, 7) is 1.18. The number of nitrogens with one attached hydrogen (secondary N) is 2. The lowest BCUT2D eigenvalue weighted by molar-refractivity contribution is -0.157. The predicted molar refractivity (Wildman–Crippen MR) is 177 cm³/mol. The molecule has 0 spiro atoms. The van der Waals surface area contributed by atoms with E-state index in [-0.39, 0.29) is 25.3 Å². The fourth-order valence-electron chi connectivity index (χ4n) is 3.54. The van der Waals surface area contributed by atoms with Gasteiger partial charge in [0.05, 0.1) is 20.3 Å². The molecule has 0 aliphatic heterocycles. The van der Waals surface area contributed by atoms with E-state index in [4.69, 9.17) is 4.74 Å². The van der Waals surface area contributed by atoms with Gasteiger partial charge in [0.2, 0.25) is 11.8 Å². The standard InChI is InChI=1S/C35H52N2O8/c1-3-4-5-6-7-8-9-10-11-12-13-14-15-16-17-18-19-20-21-24-33(41)37-31(35(43)45-30(28-38)29-39)23-22-27-36-32(40)25-26-34(42)44-2/h4-5,7-8,10-11,13-14,16-17,19-20,25-26,30-31,38-39H,3,6,9,12,15,18,21-24,27-29H2,1-2H3,(H,36,40)(H,37,41)/b5-4-,8-7-,11-10-,14-13-,17-16-,20-19-,26-25+. The molecule has 0 radical (unpaired) electrons. The number of aliphatic hydroxyl groups excluding tert-OH is 2. The van der Waals surface area contributed by atoms with Crippen LogP contribution in [0.3, 0.4) is 0 Å². The van der Waals surface area contributed by atoms with Crippen LogP contribution in [0.2, 0.25) is 0 Å². The van der Waals surface area contributed by atoms with Crippen molar-refractivity contribution < 1.29 is 38.9 Å². The number of methoxy groups -OCH3 is 1. The fourth-order valence-corrected chi connectivity index (χ4v) is 3.54. The summed E-state index contributed by atoms with van der Waals surface area (Å²) in [4.78, 5) is 47.8. The lowest BCUT2D eigenvalue weighted by atomic mass is 10.1. The van der Waals surface area contributed by atoms with Crippen LogP contribution in [0.15, 0.2) is 85.1 Å². The molecule has 0 heterocycles. The van der Waals surface area contributed by atoms with Gasteiger partial charge in [0.1, 0.15) is 12.1 Å². The van der Waals surface area contributed by atoms with Crippen molar-refractivity contribution in [2.75, 3.05) is 26.9 Å². The molecule has 0 aromatic carbocycles. The first-order chi connectivity index (χ1) is 21.9. The fraction of sp³-hybridized carbons (Fsp3) is 0.486. The van der Waals surface area contributed by atoms with Crippen molar-refractivity contribution in [1.29, 1.82) is 0 Å². The van der Waals surface area contributed by atoms with Gasteiger partial charge >= 0.3 is 11.9 Å². The summed E-state index contributed by atoms with van der Waals surface area (Å²) < 4.78 is 9.49. The molecule has 0 bridgehead atoms. The van der Waals surface area contributed by atoms with Crippen LogP contribution >= 0.6 is 0 Å². The molecule has 0 aliphatic carbocycles. The highest BCUT2D eigenvalue weighted by molar-refractivity contribution is 5.94. The summed E-state index contributed by atoms with van der Waals surface area (Å²) in [5.74, 6) is -2.32. The summed E-state index contributed by atoms with van der Waals surface area (Å²) in [6, 6.07) is -1.02. The maximum atomic E-state index is 12.6. The molecule has 1 unspecified atom stereocenters. The van der Waals surface area contributed by atoms with Gasteiger partial charge in [-0.25, -0.2) is 9.59 Å². The van der Waals surface area contributed by atoms with Crippen molar-refractivity contribution in [3.63, 3.8) is 0 Å². The van der Waals surface area contributed by atoms with Gasteiger partial charge < -0.3 is 30.3 Å². The minimum absolute atomic E-state index is 0.148. The van der Waals surface area contributed by atoms with Gasteiger partial charge in [0, 0.05) is 25.1 Å². The summed E-state index contributed by atoms with van der Waals surface area (Å²) >= 11 is 0. The Morgan fingerprint density at radius 1 is 0.733 bits per heavy atom. The second kappa shape index (κ2) is 30.0. The number of amides is 2. The first-order valence-electron chi connectivity index (χ1n) is 15.5. The first kappa shape index (κ1) is 41.0. The van der Waals surface area contributed by atoms with E-state index in [0.717, 1.165) is 50.7 Å². The highest BCUT2D eigenvalue weighted by Crippen LogP contribution is 2.05. The Bertz CT molecular complexity index is 1040. The molecular weight excluding hydrogens is 576 g/mol. The zero-order valence-electron chi connectivity index (χ0n) is 26.8. The average molecular weight is 629 g/mol. The Morgan fingerprint density at radius 3 is 1.73 bits per heavy atom. The molecule has 250 valence electrons. The van der Waals surface area contributed by atoms with Crippen LogP contribution in [0.4, 0.5) is 0 Å². The second-order valence-corrected chi connectivity index (χ2v) is 9.79. The van der Waals surface area contributed by atoms with Crippen LogP contribution in [0.1, 0.15) is 71.1 Å². The molecule has 2 amide bonds. The van der Waals surface area contributed by atoms with E-state index in [1.807, 2.05) is 12.2 Å². The van der Waals surface area contributed by atoms with E-state index in [9.17, 15) is 29.4 Å². The smallest absolute Gasteiger partial charge is 0.330 e. The van der Waals surface area contributed by atoms with Crippen molar-refractivity contribution in [2.24, 2.45) is 0 Å². The third kappa shape index (κ3) is 26.1. The van der Waals surface area contributed by atoms with Crippen molar-refractivity contribution >= 4 is 23.8 Å². The Morgan fingerprint density at radius 2 is 1.24 bits per heavy atom. The third-order valence-corrected chi connectivity index (χ3v) is 5.99. The van der Waals surface area contributed by atoms with Crippen LogP contribution < -0.4 is 10.6 Å². The van der Waals surface area contributed by atoms with Gasteiger partial charge in [-0.05, 0) is 57.8 Å². The van der Waals surface area contributed by atoms with Gasteiger partial charge in [0.25, 0.3) is 0 Å². The topological polar surface area (TPSA) is 151 Å². The van der Waals surface area contributed by atoms with E-state index in [0.29, 0.717) is 12.8 Å². The van der Waals surface area contributed by atoms with Gasteiger partial charge in [-0.2, -0.15) is 0 Å². The number of allylic oxidation sites excluding steroid dienone is 12. The zero-order chi connectivity index (χ0) is 33.4. The molecule has 45 heavy (non-hydrogen) atoms. The highest BCUT2D eigenvalue weighted by atomic mass is 16.6. The minimum Gasteiger partial charge on any atom is -0.466 e. The molecule has 10 heteroatoms. The second-order valence-electron chi connectivity index (χ2n) is 9.79. The number of hydrogen-bond donors (Lipinski definition) is 4. The number of carbonyl (C=O) groups is 4. The monoisotopic (exact) mass is 628 g/mol. The van der Waals surface area contributed by atoms with Crippen molar-refractivity contribution in [1.82, 2.24) is 10.6 Å². The van der Waals surface area contributed by atoms with E-state index >= 15 is 0 Å². The molecular formula is C35H52N2O8. The molecule has 0 aromatic heterocycles. The van der Waals surface area contributed by atoms with Crippen LogP contribution in [-0.2, 0) is 28.7 Å². The number of hydrogen-bond acceptors (Lipinski definition) is 8. The number of ether oxygens (including phenoxy) is 2. The molecule has 0 fully saturated rings. The normalized spacial score (nSPS) is 13.0. The average Bonchev–Trinajstić information content (AvgIpc) is 3.04.